The zero-order valence-corrected chi connectivity index (χ0v) is 9.99. The van der Waals surface area contributed by atoms with Gasteiger partial charge in [-0.05, 0) is 24.6 Å². The number of carbonyl (C=O) groups is 2. The molecule has 0 aromatic heterocycles. The molecule has 1 atom stereocenters. The first-order chi connectivity index (χ1) is 7.95. The summed E-state index contributed by atoms with van der Waals surface area (Å²) in [7, 11) is 0. The molecule has 0 radical (unpaired) electrons. The van der Waals surface area contributed by atoms with Crippen molar-refractivity contribution in [2.75, 3.05) is 5.32 Å². The van der Waals surface area contributed by atoms with Crippen LogP contribution in [0.5, 0.6) is 0 Å². The van der Waals surface area contributed by atoms with Crippen LogP contribution in [-0.4, -0.2) is 23.0 Å². The number of amides is 1. The van der Waals surface area contributed by atoms with Crippen molar-refractivity contribution in [2.45, 2.75) is 19.4 Å². The molecule has 1 rings (SSSR count). The Balaban J connectivity index is 2.86. The maximum atomic E-state index is 11.5. The fraction of sp³-hybridized carbons (Fsp3) is 0.273. The van der Waals surface area contributed by atoms with E-state index in [-0.39, 0.29) is 16.5 Å². The molecule has 0 unspecified atom stereocenters. The third-order valence-electron chi connectivity index (χ3n) is 2.25. The summed E-state index contributed by atoms with van der Waals surface area (Å²) in [6.45, 7) is 1.79. The van der Waals surface area contributed by atoms with Crippen LogP contribution in [0, 0.1) is 0 Å². The number of nitrogens with one attached hydrogen (secondary N) is 1. The minimum atomic E-state index is -1.07. The fourth-order valence-electron chi connectivity index (χ4n) is 1.16. The Kier molecular flexibility index (Phi) is 4.48. The van der Waals surface area contributed by atoms with Gasteiger partial charge in [0.25, 0.3) is 0 Å². The van der Waals surface area contributed by atoms with Crippen LogP contribution in [0.25, 0.3) is 0 Å². The van der Waals surface area contributed by atoms with Gasteiger partial charge in [-0.15, -0.1) is 0 Å². The molecule has 0 fully saturated rings. The van der Waals surface area contributed by atoms with E-state index < -0.39 is 12.0 Å². The quantitative estimate of drug-likeness (QED) is 0.765. The summed E-state index contributed by atoms with van der Waals surface area (Å²) in [4.78, 5) is 22.2. The summed E-state index contributed by atoms with van der Waals surface area (Å²) < 4.78 is 0. The number of aromatic carboxylic acids is 1. The van der Waals surface area contributed by atoms with Crippen molar-refractivity contribution >= 4 is 29.2 Å². The normalized spacial score (nSPS) is 11.9. The summed E-state index contributed by atoms with van der Waals surface area (Å²) in [5.74, 6) is -1.42. The van der Waals surface area contributed by atoms with Crippen molar-refractivity contribution < 1.29 is 14.7 Å². The minimum absolute atomic E-state index is 0.0628. The Labute approximate surface area is 104 Å². The van der Waals surface area contributed by atoms with E-state index in [4.69, 9.17) is 22.4 Å². The molecule has 0 saturated carbocycles. The molecule has 1 amide bonds. The third kappa shape index (κ3) is 3.44. The molecule has 1 aromatic rings. The van der Waals surface area contributed by atoms with E-state index in [1.54, 1.807) is 6.92 Å². The van der Waals surface area contributed by atoms with Crippen molar-refractivity contribution in [3.63, 3.8) is 0 Å². The largest absolute Gasteiger partial charge is 0.478 e. The van der Waals surface area contributed by atoms with Crippen LogP contribution in [0.3, 0.4) is 0 Å². The molecule has 5 nitrogen and oxygen atoms in total. The van der Waals surface area contributed by atoms with Crippen molar-refractivity contribution in [2.24, 2.45) is 5.73 Å². The van der Waals surface area contributed by atoms with E-state index >= 15 is 0 Å². The van der Waals surface area contributed by atoms with Crippen molar-refractivity contribution in [3.05, 3.63) is 28.8 Å². The first-order valence-electron chi connectivity index (χ1n) is 5.05. The molecule has 0 aliphatic heterocycles. The molecule has 0 heterocycles. The number of hydrogen-bond acceptors (Lipinski definition) is 3. The number of carbonyl (C=O) groups excluding carboxylic acids is 1. The number of carboxylic acids is 1. The Morgan fingerprint density at radius 2 is 2.18 bits per heavy atom. The van der Waals surface area contributed by atoms with Gasteiger partial charge in [0, 0.05) is 0 Å². The monoisotopic (exact) mass is 256 g/mol. The summed E-state index contributed by atoms with van der Waals surface area (Å²) in [6.07, 6.45) is 0.511. The number of halogens is 1. The van der Waals surface area contributed by atoms with Gasteiger partial charge in [0.1, 0.15) is 0 Å². The van der Waals surface area contributed by atoms with Gasteiger partial charge in [-0.3, -0.25) is 4.79 Å². The topological polar surface area (TPSA) is 92.4 Å². The van der Waals surface area contributed by atoms with E-state index in [1.807, 2.05) is 0 Å². The van der Waals surface area contributed by atoms with Crippen LogP contribution in [0.4, 0.5) is 5.69 Å². The number of rotatable bonds is 4. The summed E-state index contributed by atoms with van der Waals surface area (Å²) >= 11 is 5.85. The number of anilines is 1. The Bertz CT molecular complexity index is 448. The van der Waals surface area contributed by atoms with E-state index in [0.717, 1.165) is 0 Å². The van der Waals surface area contributed by atoms with Gasteiger partial charge in [-0.1, -0.05) is 18.5 Å². The lowest BCUT2D eigenvalue weighted by Gasteiger charge is -2.11. The zero-order chi connectivity index (χ0) is 13.0. The van der Waals surface area contributed by atoms with E-state index in [2.05, 4.69) is 5.32 Å². The second kappa shape index (κ2) is 5.65. The molecular weight excluding hydrogens is 244 g/mol. The molecule has 17 heavy (non-hydrogen) atoms. The maximum Gasteiger partial charge on any atom is 0.335 e. The average molecular weight is 257 g/mol. The lowest BCUT2D eigenvalue weighted by molar-refractivity contribution is -0.117. The van der Waals surface area contributed by atoms with Crippen LogP contribution in [0.2, 0.25) is 5.02 Å². The number of benzene rings is 1. The smallest absolute Gasteiger partial charge is 0.335 e. The highest BCUT2D eigenvalue weighted by Gasteiger charge is 2.13. The predicted molar refractivity (Wildman–Crippen MR) is 65.3 cm³/mol. The van der Waals surface area contributed by atoms with Crippen molar-refractivity contribution in [1.82, 2.24) is 0 Å². The molecule has 0 bridgehead atoms. The molecular formula is C11H13ClN2O3. The first kappa shape index (κ1) is 13.5. The standard InChI is InChI=1S/C11H13ClN2O3/c1-2-8(13)10(15)14-9-4-3-6(11(16)17)5-7(9)12/h3-5,8H,2,13H2,1H3,(H,14,15)(H,16,17)/t8-/m0/s1. The van der Waals surface area contributed by atoms with Gasteiger partial charge in [0.2, 0.25) is 5.91 Å². The van der Waals surface area contributed by atoms with Crippen LogP contribution < -0.4 is 11.1 Å². The third-order valence-corrected chi connectivity index (χ3v) is 2.56. The molecule has 4 N–H and O–H groups in total. The van der Waals surface area contributed by atoms with Crippen LogP contribution in [0.1, 0.15) is 23.7 Å². The van der Waals surface area contributed by atoms with E-state index in [1.165, 1.54) is 18.2 Å². The highest BCUT2D eigenvalue weighted by atomic mass is 35.5. The van der Waals surface area contributed by atoms with E-state index in [0.29, 0.717) is 12.1 Å². The molecule has 0 aliphatic rings. The summed E-state index contributed by atoms with van der Waals surface area (Å²) in [5.41, 5.74) is 5.96. The van der Waals surface area contributed by atoms with Gasteiger partial charge in [-0.2, -0.15) is 0 Å². The van der Waals surface area contributed by atoms with Gasteiger partial charge >= 0.3 is 5.97 Å². The lowest BCUT2D eigenvalue weighted by Crippen LogP contribution is -2.34. The van der Waals surface area contributed by atoms with Gasteiger partial charge in [-0.25, -0.2) is 4.79 Å². The molecule has 0 aliphatic carbocycles. The summed E-state index contributed by atoms with van der Waals surface area (Å²) in [5, 5.41) is 11.4. The molecule has 6 heteroatoms. The second-order valence-corrected chi connectivity index (χ2v) is 3.91. The van der Waals surface area contributed by atoms with Crippen LogP contribution >= 0.6 is 11.6 Å². The SMILES string of the molecule is CC[C@H](N)C(=O)Nc1ccc(C(=O)O)cc1Cl. The highest BCUT2D eigenvalue weighted by Crippen LogP contribution is 2.23. The molecule has 0 spiro atoms. The Hall–Kier alpha value is -1.59. The van der Waals surface area contributed by atoms with Gasteiger partial charge < -0.3 is 16.2 Å². The van der Waals surface area contributed by atoms with Gasteiger partial charge in [0.15, 0.2) is 0 Å². The average Bonchev–Trinajstić information content (AvgIpc) is 2.30. The zero-order valence-electron chi connectivity index (χ0n) is 9.24. The van der Waals surface area contributed by atoms with Crippen LogP contribution in [0.15, 0.2) is 18.2 Å². The van der Waals surface area contributed by atoms with Crippen LogP contribution in [-0.2, 0) is 4.79 Å². The van der Waals surface area contributed by atoms with E-state index in [9.17, 15) is 9.59 Å². The number of hydrogen-bond donors (Lipinski definition) is 3. The molecule has 92 valence electrons. The molecule has 0 saturated heterocycles. The predicted octanol–water partition coefficient (Wildman–Crippen LogP) is 1.71. The second-order valence-electron chi connectivity index (χ2n) is 3.50. The van der Waals surface area contributed by atoms with Gasteiger partial charge in [0.05, 0.1) is 22.3 Å². The Morgan fingerprint density at radius 3 is 2.65 bits per heavy atom. The Morgan fingerprint density at radius 1 is 1.53 bits per heavy atom. The number of nitrogens with two attached hydrogens (primary N) is 1. The summed E-state index contributed by atoms with van der Waals surface area (Å²) in [6, 6.07) is 3.47. The fourth-order valence-corrected chi connectivity index (χ4v) is 1.39. The van der Waals surface area contributed by atoms with Crippen molar-refractivity contribution in [3.8, 4) is 0 Å². The lowest BCUT2D eigenvalue weighted by atomic mass is 10.2. The minimum Gasteiger partial charge on any atom is -0.478 e. The highest BCUT2D eigenvalue weighted by molar-refractivity contribution is 6.34. The maximum absolute atomic E-state index is 11.5. The first-order valence-corrected chi connectivity index (χ1v) is 5.42. The number of carboxylic acid groups (broad SMARTS) is 1. The van der Waals surface area contributed by atoms with Crippen molar-refractivity contribution in [1.29, 1.82) is 0 Å². The molecule has 1 aromatic carbocycles.